The monoisotopic (exact) mass is 438 g/mol. The highest BCUT2D eigenvalue weighted by Gasteiger charge is 2.32. The van der Waals surface area contributed by atoms with Crippen LogP contribution in [0.15, 0.2) is 24.4 Å². The second-order valence-corrected chi connectivity index (χ2v) is 7.42. The van der Waals surface area contributed by atoms with Crippen molar-refractivity contribution in [3.05, 3.63) is 51.3 Å². The third-order valence-corrected chi connectivity index (χ3v) is 5.13. The molecule has 0 fully saturated rings. The van der Waals surface area contributed by atoms with Gasteiger partial charge in [0.2, 0.25) is 5.95 Å². The number of aliphatic hydroxyl groups excluding tert-OH is 1. The lowest BCUT2D eigenvalue weighted by molar-refractivity contribution is 0.0777. The lowest BCUT2D eigenvalue weighted by atomic mass is 10.1. The molecule has 1 aliphatic heterocycles. The van der Waals surface area contributed by atoms with Crippen LogP contribution in [0.2, 0.25) is 10.0 Å². The zero-order valence-electron chi connectivity index (χ0n) is 15.5. The zero-order valence-corrected chi connectivity index (χ0v) is 17.0. The van der Waals surface area contributed by atoms with E-state index >= 15 is 0 Å². The SMILES string of the molecule is C[C@@H](CO)Nc1ncc2c(n1)C(=O)N(C(=O)N[C@H](N)c1ccc(Cl)c(Cl)c1)CC2. The number of nitrogens with two attached hydrogens (primary N) is 1. The highest BCUT2D eigenvalue weighted by atomic mass is 35.5. The summed E-state index contributed by atoms with van der Waals surface area (Å²) in [5.41, 5.74) is 7.36. The molecule has 154 valence electrons. The summed E-state index contributed by atoms with van der Waals surface area (Å²) < 4.78 is 0. The number of anilines is 1. The van der Waals surface area contributed by atoms with Crippen LogP contribution in [0.5, 0.6) is 0 Å². The number of carbonyl (C=O) groups is 2. The Bertz CT molecular complexity index is 942. The van der Waals surface area contributed by atoms with Gasteiger partial charge in [-0.3, -0.25) is 9.69 Å². The molecule has 2 aromatic rings. The maximum absolute atomic E-state index is 12.8. The summed E-state index contributed by atoms with van der Waals surface area (Å²) in [4.78, 5) is 34.8. The number of imide groups is 1. The number of nitrogens with zero attached hydrogens (tertiary/aromatic N) is 3. The molecule has 9 nitrogen and oxygen atoms in total. The minimum atomic E-state index is -0.875. The standard InChI is InChI=1S/C18H20Cl2N6O3/c1-9(8-27)23-17-22-7-11-4-5-26(16(28)14(11)24-17)18(29)25-15(21)10-2-3-12(19)13(20)6-10/h2-3,6-7,9,15,27H,4-5,8,21H2,1H3,(H,25,29)(H,22,23,24)/t9-,15-/m0/s1. The molecule has 0 saturated heterocycles. The van der Waals surface area contributed by atoms with Crippen molar-refractivity contribution < 1.29 is 14.7 Å². The molecule has 3 rings (SSSR count). The number of halogens is 2. The van der Waals surface area contributed by atoms with E-state index in [4.69, 9.17) is 34.0 Å². The first-order valence-corrected chi connectivity index (χ1v) is 9.62. The lowest BCUT2D eigenvalue weighted by Crippen LogP contribution is -2.50. The molecule has 11 heteroatoms. The van der Waals surface area contributed by atoms with E-state index in [1.165, 1.54) is 0 Å². The van der Waals surface area contributed by atoms with Crippen molar-refractivity contribution in [2.75, 3.05) is 18.5 Å². The van der Waals surface area contributed by atoms with Crippen LogP contribution in [-0.4, -0.2) is 51.1 Å². The fourth-order valence-corrected chi connectivity index (χ4v) is 3.07. The third-order valence-electron chi connectivity index (χ3n) is 4.39. The Kier molecular flexibility index (Phi) is 6.53. The second kappa shape index (κ2) is 8.91. The van der Waals surface area contributed by atoms with Gasteiger partial charge in [-0.1, -0.05) is 29.3 Å². The molecule has 0 aliphatic carbocycles. The number of hydrogen-bond acceptors (Lipinski definition) is 7. The van der Waals surface area contributed by atoms with Crippen LogP contribution in [0.25, 0.3) is 0 Å². The van der Waals surface area contributed by atoms with Gasteiger partial charge >= 0.3 is 6.03 Å². The smallest absolute Gasteiger partial charge is 0.325 e. The minimum Gasteiger partial charge on any atom is -0.394 e. The van der Waals surface area contributed by atoms with Crippen LogP contribution < -0.4 is 16.4 Å². The Hall–Kier alpha value is -2.46. The second-order valence-electron chi connectivity index (χ2n) is 6.60. The van der Waals surface area contributed by atoms with Crippen molar-refractivity contribution in [3.8, 4) is 0 Å². The van der Waals surface area contributed by atoms with Crippen LogP contribution in [0.3, 0.4) is 0 Å². The normalized spacial score (nSPS) is 15.5. The first kappa shape index (κ1) is 21.3. The van der Waals surface area contributed by atoms with Crippen LogP contribution in [0.1, 0.15) is 34.7 Å². The lowest BCUT2D eigenvalue weighted by Gasteiger charge is -2.28. The number of aliphatic hydroxyl groups is 1. The Morgan fingerprint density at radius 1 is 1.38 bits per heavy atom. The first-order chi connectivity index (χ1) is 13.8. The fourth-order valence-electron chi connectivity index (χ4n) is 2.77. The van der Waals surface area contributed by atoms with Crippen molar-refractivity contribution in [1.82, 2.24) is 20.2 Å². The molecular weight excluding hydrogens is 419 g/mol. The van der Waals surface area contributed by atoms with Gasteiger partial charge in [-0.2, -0.15) is 0 Å². The largest absolute Gasteiger partial charge is 0.394 e. The molecular formula is C18H20Cl2N6O3. The van der Waals surface area contributed by atoms with Crippen LogP contribution >= 0.6 is 23.2 Å². The van der Waals surface area contributed by atoms with Gasteiger partial charge < -0.3 is 21.5 Å². The van der Waals surface area contributed by atoms with Crippen LogP contribution in [0, 0.1) is 0 Å². The summed E-state index contributed by atoms with van der Waals surface area (Å²) in [6.07, 6.45) is 1.09. The summed E-state index contributed by atoms with van der Waals surface area (Å²) in [5, 5.41) is 15.3. The van der Waals surface area contributed by atoms with E-state index in [-0.39, 0.29) is 30.8 Å². The van der Waals surface area contributed by atoms with E-state index in [0.717, 1.165) is 4.90 Å². The van der Waals surface area contributed by atoms with E-state index in [0.29, 0.717) is 27.6 Å². The molecule has 29 heavy (non-hydrogen) atoms. The van der Waals surface area contributed by atoms with E-state index in [1.54, 1.807) is 31.3 Å². The van der Waals surface area contributed by atoms with Crippen molar-refractivity contribution in [2.45, 2.75) is 25.6 Å². The Balaban J connectivity index is 1.73. The zero-order chi connectivity index (χ0) is 21.1. The average Bonchev–Trinajstić information content (AvgIpc) is 2.70. The predicted octanol–water partition coefficient (Wildman–Crippen LogP) is 1.94. The van der Waals surface area contributed by atoms with Gasteiger partial charge in [-0.05, 0) is 31.0 Å². The van der Waals surface area contributed by atoms with Crippen molar-refractivity contribution >= 4 is 41.1 Å². The number of amides is 3. The molecule has 5 N–H and O–H groups in total. The van der Waals surface area contributed by atoms with Crippen molar-refractivity contribution in [2.24, 2.45) is 5.73 Å². The quantitative estimate of drug-likeness (QED) is 0.524. The minimum absolute atomic E-state index is 0.116. The summed E-state index contributed by atoms with van der Waals surface area (Å²) in [6.45, 7) is 1.80. The number of urea groups is 1. The molecule has 2 atom stereocenters. The Labute approximate surface area is 177 Å². The molecule has 1 aromatic carbocycles. The number of hydrogen-bond donors (Lipinski definition) is 4. The highest BCUT2D eigenvalue weighted by Crippen LogP contribution is 2.25. The van der Waals surface area contributed by atoms with E-state index in [1.807, 2.05) is 0 Å². The molecule has 2 heterocycles. The van der Waals surface area contributed by atoms with Gasteiger partial charge in [0.1, 0.15) is 11.9 Å². The number of carbonyl (C=O) groups excluding carboxylic acids is 2. The molecule has 1 aromatic heterocycles. The van der Waals surface area contributed by atoms with Gasteiger partial charge in [-0.25, -0.2) is 14.8 Å². The molecule has 0 spiro atoms. The van der Waals surface area contributed by atoms with Gasteiger partial charge in [0.25, 0.3) is 5.91 Å². The van der Waals surface area contributed by atoms with E-state index in [2.05, 4.69) is 20.6 Å². The number of aromatic nitrogens is 2. The van der Waals surface area contributed by atoms with Gasteiger partial charge in [0.15, 0.2) is 0 Å². The average molecular weight is 439 g/mol. The van der Waals surface area contributed by atoms with Crippen molar-refractivity contribution in [3.63, 3.8) is 0 Å². The summed E-state index contributed by atoms with van der Waals surface area (Å²) in [6, 6.07) is 3.84. The number of fused-ring (bicyclic) bond motifs is 1. The summed E-state index contributed by atoms with van der Waals surface area (Å²) in [7, 11) is 0. The number of rotatable bonds is 5. The molecule has 1 aliphatic rings. The summed E-state index contributed by atoms with van der Waals surface area (Å²) in [5.74, 6) is -0.347. The van der Waals surface area contributed by atoms with E-state index < -0.39 is 18.1 Å². The predicted molar refractivity (Wildman–Crippen MR) is 109 cm³/mol. The Morgan fingerprint density at radius 2 is 2.14 bits per heavy atom. The fraction of sp³-hybridized carbons (Fsp3) is 0.333. The number of benzene rings is 1. The molecule has 3 amide bonds. The number of nitrogens with one attached hydrogen (secondary N) is 2. The van der Waals surface area contributed by atoms with Gasteiger partial charge in [-0.15, -0.1) is 0 Å². The van der Waals surface area contributed by atoms with Crippen molar-refractivity contribution in [1.29, 1.82) is 0 Å². The molecule has 0 bridgehead atoms. The maximum atomic E-state index is 12.8. The van der Waals surface area contributed by atoms with E-state index in [9.17, 15) is 9.59 Å². The van der Waals surface area contributed by atoms with Crippen LogP contribution in [0.4, 0.5) is 10.7 Å². The topological polar surface area (TPSA) is 133 Å². The maximum Gasteiger partial charge on any atom is 0.325 e. The van der Waals surface area contributed by atoms with Gasteiger partial charge in [0, 0.05) is 24.3 Å². The molecule has 0 radical (unpaired) electrons. The third kappa shape index (κ3) is 4.76. The molecule has 0 saturated carbocycles. The van der Waals surface area contributed by atoms with Crippen LogP contribution in [-0.2, 0) is 6.42 Å². The Morgan fingerprint density at radius 3 is 2.83 bits per heavy atom. The van der Waals surface area contributed by atoms with Gasteiger partial charge in [0.05, 0.1) is 16.7 Å². The first-order valence-electron chi connectivity index (χ1n) is 8.86. The highest BCUT2D eigenvalue weighted by molar-refractivity contribution is 6.42. The molecule has 0 unspecified atom stereocenters. The summed E-state index contributed by atoms with van der Waals surface area (Å²) >= 11 is 11.9.